The van der Waals surface area contributed by atoms with Gasteiger partial charge in [-0.15, -0.1) is 0 Å². The van der Waals surface area contributed by atoms with Gasteiger partial charge in [0, 0.05) is 6.08 Å². The fourth-order valence-corrected chi connectivity index (χ4v) is 1.50. The van der Waals surface area contributed by atoms with Gasteiger partial charge < -0.3 is 14.9 Å². The number of ether oxygens (including phenoxy) is 1. The molecule has 19 heavy (non-hydrogen) atoms. The van der Waals surface area contributed by atoms with Crippen LogP contribution in [0.5, 0.6) is 5.75 Å². The van der Waals surface area contributed by atoms with Crippen LogP contribution >= 0.6 is 0 Å². The molecule has 0 aliphatic heterocycles. The number of benzene rings is 1. The molecule has 0 unspecified atom stereocenters. The second kappa shape index (κ2) is 5.81. The van der Waals surface area contributed by atoms with E-state index in [1.807, 2.05) is 0 Å². The van der Waals surface area contributed by atoms with E-state index >= 15 is 0 Å². The van der Waals surface area contributed by atoms with Crippen molar-refractivity contribution in [3.63, 3.8) is 0 Å². The van der Waals surface area contributed by atoms with Crippen LogP contribution in [-0.4, -0.2) is 28.1 Å². The van der Waals surface area contributed by atoms with E-state index in [-0.39, 0.29) is 11.3 Å². The fraction of sp³-hybridized carbons (Fsp3) is 0.154. The molecule has 0 saturated heterocycles. The highest BCUT2D eigenvalue weighted by Gasteiger charge is 2.20. The minimum absolute atomic E-state index is 0.0230. The zero-order chi connectivity index (χ0) is 14.6. The van der Waals surface area contributed by atoms with E-state index in [0.29, 0.717) is 12.0 Å². The van der Waals surface area contributed by atoms with E-state index in [0.717, 1.165) is 12.1 Å². The molecule has 0 spiro atoms. The smallest absolute Gasteiger partial charge is 0.336 e. The minimum Gasteiger partial charge on any atom is -0.478 e. The van der Waals surface area contributed by atoms with Crippen molar-refractivity contribution >= 4 is 17.9 Å². The molecule has 0 aromatic heterocycles. The molecule has 100 valence electrons. The lowest BCUT2D eigenvalue weighted by Crippen LogP contribution is -2.12. The summed E-state index contributed by atoms with van der Waals surface area (Å²) in [6.07, 6.45) is 1.32. The number of hydrogen-bond donors (Lipinski definition) is 2. The first-order valence-electron chi connectivity index (χ1n) is 5.38. The number of aryl methyl sites for hydroxylation is 1. The maximum absolute atomic E-state index is 11.1. The van der Waals surface area contributed by atoms with Crippen LogP contribution in [0.15, 0.2) is 24.8 Å². The first-order chi connectivity index (χ1) is 8.90. The van der Waals surface area contributed by atoms with Crippen LogP contribution in [0.2, 0.25) is 0 Å². The van der Waals surface area contributed by atoms with Crippen molar-refractivity contribution in [1.82, 2.24) is 0 Å². The van der Waals surface area contributed by atoms with Gasteiger partial charge in [0.2, 0.25) is 0 Å². The lowest BCUT2D eigenvalue weighted by molar-refractivity contribution is -0.129. The van der Waals surface area contributed by atoms with Crippen molar-refractivity contribution in [2.24, 2.45) is 0 Å². The van der Waals surface area contributed by atoms with Crippen LogP contribution in [0, 0.1) is 0 Å². The van der Waals surface area contributed by atoms with Crippen molar-refractivity contribution in [3.05, 3.63) is 41.5 Å². The highest BCUT2D eigenvalue weighted by molar-refractivity contribution is 6.02. The van der Waals surface area contributed by atoms with Gasteiger partial charge in [-0.2, -0.15) is 0 Å². The molecular formula is C13H12O6. The quantitative estimate of drug-likeness (QED) is 0.477. The Bertz CT molecular complexity index is 558. The Morgan fingerprint density at radius 3 is 2.16 bits per heavy atom. The second-order valence-electron chi connectivity index (χ2n) is 3.59. The maximum Gasteiger partial charge on any atom is 0.336 e. The van der Waals surface area contributed by atoms with Crippen molar-refractivity contribution in [1.29, 1.82) is 0 Å². The van der Waals surface area contributed by atoms with Crippen molar-refractivity contribution < 1.29 is 29.3 Å². The molecule has 0 bridgehead atoms. The van der Waals surface area contributed by atoms with Crippen molar-refractivity contribution in [2.75, 3.05) is 0 Å². The molecule has 0 heterocycles. The minimum atomic E-state index is -1.41. The number of carbonyl (C=O) groups excluding carboxylic acids is 1. The lowest BCUT2D eigenvalue weighted by atomic mass is 10.0. The molecule has 1 aromatic rings. The van der Waals surface area contributed by atoms with Gasteiger partial charge in [-0.1, -0.05) is 13.5 Å². The highest BCUT2D eigenvalue weighted by atomic mass is 16.5. The Morgan fingerprint density at radius 1 is 1.21 bits per heavy atom. The van der Waals surface area contributed by atoms with Crippen LogP contribution in [0.3, 0.4) is 0 Å². The van der Waals surface area contributed by atoms with Gasteiger partial charge in [0.15, 0.2) is 0 Å². The molecule has 2 N–H and O–H groups in total. The molecular weight excluding hydrogens is 252 g/mol. The number of aromatic carboxylic acids is 2. The summed E-state index contributed by atoms with van der Waals surface area (Å²) < 4.78 is 4.90. The number of carbonyl (C=O) groups is 3. The summed E-state index contributed by atoms with van der Waals surface area (Å²) in [4.78, 5) is 33.2. The maximum atomic E-state index is 11.1. The van der Waals surface area contributed by atoms with Crippen LogP contribution in [0.4, 0.5) is 0 Å². The van der Waals surface area contributed by atoms with E-state index < -0.39 is 23.5 Å². The monoisotopic (exact) mass is 264 g/mol. The second-order valence-corrected chi connectivity index (χ2v) is 3.59. The summed E-state index contributed by atoms with van der Waals surface area (Å²) in [5.74, 6) is -3.48. The van der Waals surface area contributed by atoms with E-state index in [4.69, 9.17) is 14.9 Å². The lowest BCUT2D eigenvalue weighted by Gasteiger charge is -2.11. The van der Waals surface area contributed by atoms with E-state index in [9.17, 15) is 14.4 Å². The van der Waals surface area contributed by atoms with Gasteiger partial charge in [0.25, 0.3) is 0 Å². The molecule has 0 aliphatic rings. The molecule has 0 fully saturated rings. The first kappa shape index (κ1) is 14.4. The third kappa shape index (κ3) is 3.19. The standard InChI is InChI=1S/C13H12O6/c1-3-7-5-8(12(15)16)9(13(17)18)6-10(7)19-11(14)4-2/h4-6H,2-3H2,1H3,(H,15,16)(H,17,18). The topological polar surface area (TPSA) is 101 Å². The molecule has 1 rings (SSSR count). The largest absolute Gasteiger partial charge is 0.478 e. The Balaban J connectivity index is 3.43. The summed E-state index contributed by atoms with van der Waals surface area (Å²) >= 11 is 0. The molecule has 0 saturated carbocycles. The molecule has 1 aromatic carbocycles. The molecule has 0 atom stereocenters. The summed E-state index contributed by atoms with van der Waals surface area (Å²) in [6.45, 7) is 4.96. The van der Waals surface area contributed by atoms with E-state index in [1.165, 1.54) is 6.07 Å². The SMILES string of the molecule is C=CC(=O)Oc1cc(C(=O)O)c(C(=O)O)cc1CC. The van der Waals surface area contributed by atoms with Gasteiger partial charge in [-0.05, 0) is 24.1 Å². The molecule has 0 aliphatic carbocycles. The zero-order valence-corrected chi connectivity index (χ0v) is 10.2. The van der Waals surface area contributed by atoms with Gasteiger partial charge in [-0.3, -0.25) is 0 Å². The first-order valence-corrected chi connectivity index (χ1v) is 5.38. The van der Waals surface area contributed by atoms with Crippen LogP contribution in [0.1, 0.15) is 33.2 Å². The van der Waals surface area contributed by atoms with Crippen LogP contribution in [-0.2, 0) is 11.2 Å². The van der Waals surface area contributed by atoms with E-state index in [2.05, 4.69) is 6.58 Å². The molecule has 6 heteroatoms. The Kier molecular flexibility index (Phi) is 4.41. The Labute approximate surface area is 108 Å². The predicted molar refractivity (Wildman–Crippen MR) is 65.6 cm³/mol. The number of esters is 1. The number of rotatable bonds is 5. The zero-order valence-electron chi connectivity index (χ0n) is 10.2. The van der Waals surface area contributed by atoms with Gasteiger partial charge >= 0.3 is 17.9 Å². The average molecular weight is 264 g/mol. The summed E-state index contributed by atoms with van der Waals surface area (Å²) in [6, 6.07) is 2.23. The Morgan fingerprint density at radius 2 is 1.74 bits per heavy atom. The third-order valence-corrected chi connectivity index (χ3v) is 2.42. The molecule has 6 nitrogen and oxygen atoms in total. The molecule has 0 amide bonds. The van der Waals surface area contributed by atoms with Gasteiger partial charge in [0.05, 0.1) is 11.1 Å². The Hall–Kier alpha value is -2.63. The van der Waals surface area contributed by atoms with Crippen LogP contribution < -0.4 is 4.74 Å². The van der Waals surface area contributed by atoms with Crippen molar-refractivity contribution in [3.8, 4) is 5.75 Å². The summed E-state index contributed by atoms with van der Waals surface area (Å²) in [5, 5.41) is 17.9. The number of hydrogen-bond acceptors (Lipinski definition) is 4. The number of carboxylic acids is 2. The number of carboxylic acid groups (broad SMARTS) is 2. The predicted octanol–water partition coefficient (Wildman–Crippen LogP) is 1.74. The van der Waals surface area contributed by atoms with E-state index in [1.54, 1.807) is 6.92 Å². The summed E-state index contributed by atoms with van der Waals surface area (Å²) in [7, 11) is 0. The van der Waals surface area contributed by atoms with Crippen molar-refractivity contribution in [2.45, 2.75) is 13.3 Å². The summed E-state index contributed by atoms with van der Waals surface area (Å²) in [5.41, 5.74) is -0.350. The van der Waals surface area contributed by atoms with Gasteiger partial charge in [0.1, 0.15) is 5.75 Å². The van der Waals surface area contributed by atoms with Crippen LogP contribution in [0.25, 0.3) is 0 Å². The fourth-order valence-electron chi connectivity index (χ4n) is 1.50. The van der Waals surface area contributed by atoms with Gasteiger partial charge in [-0.25, -0.2) is 14.4 Å². The normalized spacial score (nSPS) is 9.74. The third-order valence-electron chi connectivity index (χ3n) is 2.42. The molecule has 0 radical (unpaired) electrons. The highest BCUT2D eigenvalue weighted by Crippen LogP contribution is 2.25. The average Bonchev–Trinajstić information content (AvgIpc) is 2.37.